The topological polar surface area (TPSA) is 44.4 Å². The predicted octanol–water partition coefficient (Wildman–Crippen LogP) is 3.46. The van der Waals surface area contributed by atoms with Gasteiger partial charge in [-0.15, -0.1) is 24.8 Å². The summed E-state index contributed by atoms with van der Waals surface area (Å²) < 4.78 is 0. The van der Waals surface area contributed by atoms with Gasteiger partial charge in [-0.1, -0.05) is 12.1 Å². The summed E-state index contributed by atoms with van der Waals surface area (Å²) in [5, 5.41) is 6.62. The van der Waals surface area contributed by atoms with E-state index in [1.807, 2.05) is 12.1 Å². The minimum atomic E-state index is 0. The molecule has 3 fully saturated rings. The summed E-state index contributed by atoms with van der Waals surface area (Å²) in [6.45, 7) is 4.33. The Morgan fingerprint density at radius 3 is 2.50 bits per heavy atom. The normalized spacial score (nSPS) is 24.0. The lowest BCUT2D eigenvalue weighted by atomic mass is 9.92. The molecule has 2 heterocycles. The molecule has 6 heteroatoms. The molecule has 1 aromatic carbocycles. The highest BCUT2D eigenvalue weighted by Gasteiger charge is 2.57. The SMILES string of the molecule is Cl.Cl.O=C(Nc1ccccc1N1CCCC1)C1CC12CCNCC2. The monoisotopic (exact) mass is 371 g/mol. The molecule has 1 aromatic rings. The quantitative estimate of drug-likeness (QED) is 0.854. The van der Waals surface area contributed by atoms with E-state index in [-0.39, 0.29) is 36.6 Å². The molecule has 0 aromatic heterocycles. The largest absolute Gasteiger partial charge is 0.370 e. The van der Waals surface area contributed by atoms with E-state index < -0.39 is 0 Å². The molecule has 0 radical (unpaired) electrons. The maximum absolute atomic E-state index is 12.7. The van der Waals surface area contributed by atoms with Gasteiger partial charge in [-0.25, -0.2) is 0 Å². The van der Waals surface area contributed by atoms with Gasteiger partial charge in [0.05, 0.1) is 11.4 Å². The van der Waals surface area contributed by atoms with E-state index in [2.05, 4.69) is 27.7 Å². The van der Waals surface area contributed by atoms with Gasteiger partial charge in [0.2, 0.25) is 5.91 Å². The van der Waals surface area contributed by atoms with E-state index in [1.54, 1.807) is 0 Å². The van der Waals surface area contributed by atoms with Gasteiger partial charge in [-0.2, -0.15) is 0 Å². The number of halogens is 2. The number of rotatable bonds is 3. The van der Waals surface area contributed by atoms with Crippen molar-refractivity contribution in [3.05, 3.63) is 24.3 Å². The van der Waals surface area contributed by atoms with Gasteiger partial charge in [-0.3, -0.25) is 4.79 Å². The lowest BCUT2D eigenvalue weighted by Crippen LogP contribution is -2.31. The minimum Gasteiger partial charge on any atom is -0.370 e. The fourth-order valence-electron chi connectivity index (χ4n) is 4.23. The zero-order valence-corrected chi connectivity index (χ0v) is 15.6. The third-order valence-corrected chi connectivity index (χ3v) is 5.71. The van der Waals surface area contributed by atoms with Gasteiger partial charge in [0, 0.05) is 19.0 Å². The van der Waals surface area contributed by atoms with Crippen LogP contribution in [0.25, 0.3) is 0 Å². The molecule has 1 aliphatic carbocycles. The van der Waals surface area contributed by atoms with Gasteiger partial charge in [0.15, 0.2) is 0 Å². The average Bonchev–Trinajstić information content (AvgIpc) is 2.99. The summed E-state index contributed by atoms with van der Waals surface area (Å²) in [5.74, 6) is 0.454. The summed E-state index contributed by atoms with van der Waals surface area (Å²) in [7, 11) is 0. The summed E-state index contributed by atoms with van der Waals surface area (Å²) in [6, 6.07) is 8.26. The first kappa shape index (κ1) is 19.4. The van der Waals surface area contributed by atoms with Crippen LogP contribution in [0.2, 0.25) is 0 Å². The van der Waals surface area contributed by atoms with Crippen LogP contribution in [0.1, 0.15) is 32.1 Å². The number of anilines is 2. The van der Waals surface area contributed by atoms with E-state index in [9.17, 15) is 4.79 Å². The molecule has 24 heavy (non-hydrogen) atoms. The Morgan fingerprint density at radius 1 is 1.12 bits per heavy atom. The van der Waals surface area contributed by atoms with Crippen LogP contribution in [-0.4, -0.2) is 32.1 Å². The van der Waals surface area contributed by atoms with E-state index in [0.717, 1.165) is 51.1 Å². The molecule has 4 rings (SSSR count). The number of nitrogens with zero attached hydrogens (tertiary/aromatic N) is 1. The maximum Gasteiger partial charge on any atom is 0.228 e. The number of amides is 1. The zero-order chi connectivity index (χ0) is 15.0. The molecule has 1 atom stereocenters. The number of piperidine rings is 1. The summed E-state index contributed by atoms with van der Waals surface area (Å²) in [5.41, 5.74) is 2.48. The molecule has 2 N–H and O–H groups in total. The van der Waals surface area contributed by atoms with Crippen molar-refractivity contribution >= 4 is 42.1 Å². The second-order valence-electron chi connectivity index (χ2n) is 7.07. The Balaban J connectivity index is 0.00000104. The lowest BCUT2D eigenvalue weighted by molar-refractivity contribution is -0.118. The van der Waals surface area contributed by atoms with Gasteiger partial charge < -0.3 is 15.5 Å². The highest BCUT2D eigenvalue weighted by molar-refractivity contribution is 5.98. The Kier molecular flexibility index (Phi) is 6.40. The molecule has 4 nitrogen and oxygen atoms in total. The standard InChI is InChI=1S/C18H25N3O.2ClH/c22-17(14-13-18(14)7-9-19-10-8-18)20-15-5-1-2-6-16(15)21-11-3-4-12-21;;/h1-2,5-6,14,19H,3-4,7-13H2,(H,20,22);2*1H. The van der Waals surface area contributed by atoms with Crippen molar-refractivity contribution in [2.24, 2.45) is 11.3 Å². The Hall–Kier alpha value is -0.970. The van der Waals surface area contributed by atoms with E-state index >= 15 is 0 Å². The average molecular weight is 372 g/mol. The molecule has 134 valence electrons. The molecular weight excluding hydrogens is 345 g/mol. The van der Waals surface area contributed by atoms with Crippen molar-refractivity contribution in [3.8, 4) is 0 Å². The van der Waals surface area contributed by atoms with Crippen molar-refractivity contribution in [1.29, 1.82) is 0 Å². The van der Waals surface area contributed by atoms with Crippen LogP contribution in [0.4, 0.5) is 11.4 Å². The molecule has 1 saturated carbocycles. The predicted molar refractivity (Wildman–Crippen MR) is 104 cm³/mol. The van der Waals surface area contributed by atoms with Gasteiger partial charge in [0.25, 0.3) is 0 Å². The number of hydrogen-bond donors (Lipinski definition) is 2. The molecular formula is C18H27Cl2N3O. The van der Waals surface area contributed by atoms with Crippen LogP contribution in [-0.2, 0) is 4.79 Å². The van der Waals surface area contributed by atoms with Crippen molar-refractivity contribution < 1.29 is 4.79 Å². The van der Waals surface area contributed by atoms with Gasteiger partial charge in [-0.05, 0) is 62.7 Å². The molecule has 1 unspecified atom stereocenters. The van der Waals surface area contributed by atoms with Crippen molar-refractivity contribution in [1.82, 2.24) is 5.32 Å². The summed E-state index contributed by atoms with van der Waals surface area (Å²) in [4.78, 5) is 15.1. The second kappa shape index (κ2) is 7.94. The lowest BCUT2D eigenvalue weighted by Gasteiger charge is -2.24. The minimum absolute atomic E-state index is 0. The summed E-state index contributed by atoms with van der Waals surface area (Å²) >= 11 is 0. The molecule has 2 saturated heterocycles. The summed E-state index contributed by atoms with van der Waals surface area (Å²) in [6.07, 6.45) is 5.88. The first-order valence-electron chi connectivity index (χ1n) is 8.64. The zero-order valence-electron chi connectivity index (χ0n) is 13.9. The number of carbonyl (C=O) groups is 1. The Bertz CT molecular complexity index is 569. The molecule has 0 bridgehead atoms. The third kappa shape index (κ3) is 3.66. The van der Waals surface area contributed by atoms with Crippen molar-refractivity contribution in [2.75, 3.05) is 36.4 Å². The van der Waals surface area contributed by atoms with E-state index in [0.29, 0.717) is 5.41 Å². The fourth-order valence-corrected chi connectivity index (χ4v) is 4.23. The number of hydrogen-bond acceptors (Lipinski definition) is 3. The Morgan fingerprint density at radius 2 is 1.79 bits per heavy atom. The maximum atomic E-state index is 12.7. The third-order valence-electron chi connectivity index (χ3n) is 5.71. The molecule has 2 aliphatic heterocycles. The molecule has 1 amide bonds. The first-order valence-corrected chi connectivity index (χ1v) is 8.64. The highest BCUT2D eigenvalue weighted by atomic mass is 35.5. The van der Waals surface area contributed by atoms with Crippen LogP contribution < -0.4 is 15.5 Å². The van der Waals surface area contributed by atoms with Crippen LogP contribution in [0, 0.1) is 11.3 Å². The van der Waals surface area contributed by atoms with Crippen molar-refractivity contribution in [2.45, 2.75) is 32.1 Å². The van der Waals surface area contributed by atoms with E-state index in [1.165, 1.54) is 18.5 Å². The van der Waals surface area contributed by atoms with Crippen LogP contribution >= 0.6 is 24.8 Å². The number of para-hydroxylation sites is 2. The van der Waals surface area contributed by atoms with E-state index in [4.69, 9.17) is 0 Å². The highest BCUT2D eigenvalue weighted by Crippen LogP contribution is 2.58. The fraction of sp³-hybridized carbons (Fsp3) is 0.611. The molecule has 3 aliphatic rings. The number of nitrogens with one attached hydrogen (secondary N) is 2. The van der Waals surface area contributed by atoms with Gasteiger partial charge >= 0.3 is 0 Å². The Labute approximate surface area is 156 Å². The van der Waals surface area contributed by atoms with Crippen molar-refractivity contribution in [3.63, 3.8) is 0 Å². The smallest absolute Gasteiger partial charge is 0.228 e. The number of benzene rings is 1. The second-order valence-corrected chi connectivity index (χ2v) is 7.07. The van der Waals surface area contributed by atoms with Crippen LogP contribution in [0.15, 0.2) is 24.3 Å². The molecule has 1 spiro atoms. The van der Waals surface area contributed by atoms with Crippen LogP contribution in [0.5, 0.6) is 0 Å². The number of carbonyl (C=O) groups excluding carboxylic acids is 1. The van der Waals surface area contributed by atoms with Gasteiger partial charge in [0.1, 0.15) is 0 Å². The first-order chi connectivity index (χ1) is 10.8. The van der Waals surface area contributed by atoms with Crippen LogP contribution in [0.3, 0.4) is 0 Å².